The topological polar surface area (TPSA) is 73.3 Å². The fourth-order valence-electron chi connectivity index (χ4n) is 5.39. The number of fused-ring (bicyclic) bond motifs is 2. The predicted molar refractivity (Wildman–Crippen MR) is 138 cm³/mol. The second-order valence-electron chi connectivity index (χ2n) is 9.29. The molecular formula is C26H28Br2ClN2NaO3. The van der Waals surface area contributed by atoms with Crippen molar-refractivity contribution >= 4 is 55.3 Å². The number of amides is 1. The van der Waals surface area contributed by atoms with Crippen LogP contribution in [0.15, 0.2) is 33.3 Å². The second kappa shape index (κ2) is 13.4. The Morgan fingerprint density at radius 2 is 1.71 bits per heavy atom. The molecule has 1 aromatic carbocycles. The summed E-state index contributed by atoms with van der Waals surface area (Å²) in [5.74, 6) is -0.308. The molecule has 2 aliphatic rings. The molecule has 0 spiro atoms. The maximum Gasteiger partial charge on any atom is 1.00 e. The van der Waals surface area contributed by atoms with Crippen molar-refractivity contribution in [3.05, 3.63) is 60.7 Å². The van der Waals surface area contributed by atoms with Gasteiger partial charge in [-0.1, -0.05) is 34.0 Å². The number of likely N-dealkylation sites (tertiary alicyclic amines) is 1. The minimum absolute atomic E-state index is 0. The molecule has 4 rings (SSSR count). The van der Waals surface area contributed by atoms with E-state index in [1.807, 2.05) is 17.2 Å². The van der Waals surface area contributed by atoms with Gasteiger partial charge in [0.05, 0.1) is 5.69 Å². The van der Waals surface area contributed by atoms with Crippen LogP contribution in [0.3, 0.4) is 0 Å². The van der Waals surface area contributed by atoms with Gasteiger partial charge >= 0.3 is 29.6 Å². The summed E-state index contributed by atoms with van der Waals surface area (Å²) in [6.45, 7) is 1.48. The van der Waals surface area contributed by atoms with Crippen LogP contribution in [0.1, 0.15) is 73.2 Å². The molecule has 2 aromatic rings. The average molecular weight is 635 g/mol. The van der Waals surface area contributed by atoms with Crippen LogP contribution in [-0.4, -0.2) is 34.8 Å². The number of aliphatic carboxylic acids is 1. The van der Waals surface area contributed by atoms with Crippen LogP contribution in [0, 0.1) is 5.92 Å². The molecule has 182 valence electrons. The third kappa shape index (κ3) is 7.32. The van der Waals surface area contributed by atoms with Crippen LogP contribution < -0.4 is 34.7 Å². The van der Waals surface area contributed by atoms with E-state index in [4.69, 9.17) is 16.6 Å². The molecule has 5 nitrogen and oxygen atoms in total. The van der Waals surface area contributed by atoms with E-state index in [2.05, 4.69) is 44.0 Å². The number of pyridine rings is 1. The quantitative estimate of drug-likeness (QED) is 0.347. The molecule has 1 atom stereocenters. The van der Waals surface area contributed by atoms with Crippen molar-refractivity contribution in [2.45, 2.75) is 63.7 Å². The number of hydrogen-bond donors (Lipinski definition) is 0. The minimum Gasteiger partial charge on any atom is -0.550 e. The summed E-state index contributed by atoms with van der Waals surface area (Å²) < 4.78 is 2.03. The van der Waals surface area contributed by atoms with Crippen molar-refractivity contribution in [2.24, 2.45) is 5.92 Å². The van der Waals surface area contributed by atoms with Crippen molar-refractivity contribution in [1.82, 2.24) is 9.88 Å². The van der Waals surface area contributed by atoms with Crippen molar-refractivity contribution < 1.29 is 44.3 Å². The maximum atomic E-state index is 12.7. The van der Waals surface area contributed by atoms with E-state index in [1.165, 1.54) is 16.7 Å². The third-order valence-electron chi connectivity index (χ3n) is 7.05. The first-order valence-corrected chi connectivity index (χ1v) is 13.9. The minimum atomic E-state index is -1.02. The van der Waals surface area contributed by atoms with Gasteiger partial charge in [-0.3, -0.25) is 9.78 Å². The number of carbonyl (C=O) groups is 2. The first kappa shape index (κ1) is 29.1. The van der Waals surface area contributed by atoms with Crippen LogP contribution in [-0.2, 0) is 22.4 Å². The van der Waals surface area contributed by atoms with E-state index < -0.39 is 5.97 Å². The van der Waals surface area contributed by atoms with E-state index in [9.17, 15) is 14.7 Å². The molecule has 0 radical (unpaired) electrons. The van der Waals surface area contributed by atoms with Gasteiger partial charge in [0.15, 0.2) is 0 Å². The smallest absolute Gasteiger partial charge is 0.550 e. The zero-order valence-electron chi connectivity index (χ0n) is 20.0. The van der Waals surface area contributed by atoms with Gasteiger partial charge in [-0.15, -0.1) is 0 Å². The van der Waals surface area contributed by atoms with Gasteiger partial charge in [0.2, 0.25) is 5.91 Å². The summed E-state index contributed by atoms with van der Waals surface area (Å²) >= 11 is 13.8. The number of carboxylic acid groups (broad SMARTS) is 1. The first-order chi connectivity index (χ1) is 16.3. The van der Waals surface area contributed by atoms with Gasteiger partial charge in [0.1, 0.15) is 0 Å². The molecular weight excluding hydrogens is 607 g/mol. The average Bonchev–Trinajstić information content (AvgIpc) is 2.95. The SMILES string of the molecule is O=C([O-])CCCCCC(=O)N1CCC([C@H]2c3ncc(Br)cc3CCc3cc(Cl)cc(Br)c32)CC1.[Na+]. The zero-order valence-corrected chi connectivity index (χ0v) is 25.9. The largest absolute Gasteiger partial charge is 1.00 e. The number of aryl methyl sites for hydroxylation is 2. The Hall–Kier alpha value is -0.440. The molecule has 1 aliphatic carbocycles. The number of halogens is 3. The van der Waals surface area contributed by atoms with Gasteiger partial charge in [0.25, 0.3) is 0 Å². The van der Waals surface area contributed by atoms with Crippen LogP contribution in [0.2, 0.25) is 5.02 Å². The summed E-state index contributed by atoms with van der Waals surface area (Å²) in [6, 6.07) is 6.26. The van der Waals surface area contributed by atoms with Gasteiger partial charge in [-0.2, -0.15) is 0 Å². The number of carboxylic acids is 1. The molecule has 1 amide bonds. The Balaban J connectivity index is 0.00000342. The number of aromatic nitrogens is 1. The number of unbranched alkanes of at least 4 members (excludes halogenated alkanes) is 2. The van der Waals surface area contributed by atoms with Gasteiger partial charge in [-0.25, -0.2) is 0 Å². The molecule has 1 aliphatic heterocycles. The predicted octanol–water partition coefficient (Wildman–Crippen LogP) is 2.43. The number of piperidine rings is 1. The van der Waals surface area contributed by atoms with Crippen LogP contribution in [0.4, 0.5) is 0 Å². The van der Waals surface area contributed by atoms with Crippen molar-refractivity contribution in [1.29, 1.82) is 0 Å². The monoisotopic (exact) mass is 632 g/mol. The Kier molecular flexibility index (Phi) is 11.1. The van der Waals surface area contributed by atoms with Crippen LogP contribution in [0.25, 0.3) is 0 Å². The normalized spacial score (nSPS) is 17.7. The Bertz CT molecular complexity index is 1080. The fraction of sp³-hybridized carbons (Fsp3) is 0.500. The summed E-state index contributed by atoms with van der Waals surface area (Å²) in [4.78, 5) is 30.1. The van der Waals surface area contributed by atoms with Crippen molar-refractivity contribution in [3.63, 3.8) is 0 Å². The molecule has 0 saturated carbocycles. The Morgan fingerprint density at radius 1 is 1.03 bits per heavy atom. The van der Waals surface area contributed by atoms with Crippen molar-refractivity contribution in [3.8, 4) is 0 Å². The Labute approximate surface area is 250 Å². The van der Waals surface area contributed by atoms with E-state index in [0.717, 1.165) is 71.3 Å². The van der Waals surface area contributed by atoms with E-state index in [1.54, 1.807) is 0 Å². The molecule has 2 heterocycles. The standard InChI is InChI=1S/C26H29Br2ClN2O3.Na/c27-19-12-18-7-6-17-13-20(29)14-21(28)24(17)25(26(18)30-15-19)16-8-10-31(11-9-16)22(32)4-2-1-3-5-23(33)34;/h12-16,25H,1-11H2,(H,33,34);/q;+1/p-1/t25-;/m1./s1. The van der Waals surface area contributed by atoms with E-state index >= 15 is 0 Å². The molecule has 0 bridgehead atoms. The van der Waals surface area contributed by atoms with Gasteiger partial charge in [-0.05, 0) is 102 Å². The van der Waals surface area contributed by atoms with E-state index in [0.29, 0.717) is 18.8 Å². The van der Waals surface area contributed by atoms with Crippen LogP contribution >= 0.6 is 43.5 Å². The summed E-state index contributed by atoms with van der Waals surface area (Å²) in [6.07, 6.45) is 8.16. The van der Waals surface area contributed by atoms with E-state index in [-0.39, 0.29) is 47.8 Å². The number of benzene rings is 1. The third-order valence-corrected chi connectivity index (χ3v) is 8.36. The molecule has 1 aromatic heterocycles. The fourth-order valence-corrected chi connectivity index (χ4v) is 6.89. The molecule has 0 unspecified atom stereocenters. The number of rotatable bonds is 7. The summed E-state index contributed by atoms with van der Waals surface area (Å²) in [5, 5.41) is 11.3. The molecule has 9 heteroatoms. The molecule has 1 fully saturated rings. The summed E-state index contributed by atoms with van der Waals surface area (Å²) in [7, 11) is 0. The molecule has 1 saturated heterocycles. The first-order valence-electron chi connectivity index (χ1n) is 11.9. The zero-order chi connectivity index (χ0) is 24.2. The number of carbonyl (C=O) groups excluding carboxylic acids is 2. The van der Waals surface area contributed by atoms with Crippen molar-refractivity contribution in [2.75, 3.05) is 13.1 Å². The number of nitrogens with zero attached hydrogens (tertiary/aromatic N) is 2. The van der Waals surface area contributed by atoms with Crippen LogP contribution in [0.5, 0.6) is 0 Å². The molecule has 0 N–H and O–H groups in total. The number of hydrogen-bond acceptors (Lipinski definition) is 4. The molecule has 35 heavy (non-hydrogen) atoms. The van der Waals surface area contributed by atoms with Gasteiger partial charge < -0.3 is 14.8 Å². The van der Waals surface area contributed by atoms with Gasteiger partial charge in [0, 0.05) is 51.6 Å². The maximum absolute atomic E-state index is 12.7. The Morgan fingerprint density at radius 3 is 2.43 bits per heavy atom. The summed E-state index contributed by atoms with van der Waals surface area (Å²) in [5.41, 5.74) is 4.97. The second-order valence-corrected chi connectivity index (χ2v) is 11.5.